The number of nitrogens with zero attached hydrogens (tertiary/aromatic N) is 2. The fourth-order valence-electron chi connectivity index (χ4n) is 4.16. The van der Waals surface area contributed by atoms with E-state index in [1.165, 1.54) is 23.4 Å². The Labute approximate surface area is 189 Å². The van der Waals surface area contributed by atoms with E-state index in [-0.39, 0.29) is 35.3 Å². The van der Waals surface area contributed by atoms with E-state index in [0.717, 1.165) is 11.3 Å². The number of sulfonamides is 1. The molecule has 1 aliphatic heterocycles. The van der Waals surface area contributed by atoms with Crippen LogP contribution in [0, 0.1) is 6.92 Å². The molecule has 0 spiro atoms. The molecule has 3 rings (SSSR count). The normalized spacial score (nSPS) is 20.0. The molecule has 1 heterocycles. The van der Waals surface area contributed by atoms with Gasteiger partial charge in [0.2, 0.25) is 21.8 Å². The second-order valence-electron chi connectivity index (χ2n) is 8.30. The van der Waals surface area contributed by atoms with E-state index >= 15 is 0 Å². The summed E-state index contributed by atoms with van der Waals surface area (Å²) >= 11 is 0. The molecule has 1 saturated heterocycles. The third-order valence-corrected chi connectivity index (χ3v) is 7.59. The quantitative estimate of drug-likeness (QED) is 0.694. The van der Waals surface area contributed by atoms with Crippen LogP contribution in [-0.4, -0.2) is 61.2 Å². The third kappa shape index (κ3) is 5.53. The van der Waals surface area contributed by atoms with E-state index in [1.807, 2.05) is 49.9 Å². The van der Waals surface area contributed by atoms with E-state index in [0.29, 0.717) is 18.8 Å². The average Bonchev–Trinajstić information content (AvgIpc) is 2.69. The molecule has 9 heteroatoms. The number of hydrogen-bond acceptors (Lipinski definition) is 5. The highest BCUT2D eigenvalue weighted by Gasteiger charge is 2.38. The summed E-state index contributed by atoms with van der Waals surface area (Å²) in [5.41, 5.74) is 2.31. The van der Waals surface area contributed by atoms with Crippen molar-refractivity contribution in [3.8, 4) is 0 Å². The van der Waals surface area contributed by atoms with Crippen molar-refractivity contribution in [2.75, 3.05) is 30.3 Å². The number of benzene rings is 2. The van der Waals surface area contributed by atoms with Gasteiger partial charge in [-0.25, -0.2) is 8.42 Å². The molecule has 1 fully saturated rings. The van der Waals surface area contributed by atoms with Crippen molar-refractivity contribution in [3.63, 3.8) is 0 Å². The van der Waals surface area contributed by atoms with Gasteiger partial charge in [-0.3, -0.25) is 14.5 Å². The van der Waals surface area contributed by atoms with Crippen molar-refractivity contribution in [1.29, 1.82) is 0 Å². The van der Waals surface area contributed by atoms with Crippen LogP contribution in [0.15, 0.2) is 53.4 Å². The average molecular weight is 459 g/mol. The molecule has 0 bridgehead atoms. The van der Waals surface area contributed by atoms with E-state index in [1.54, 1.807) is 12.1 Å². The number of amides is 2. The predicted octanol–water partition coefficient (Wildman–Crippen LogP) is 2.68. The largest absolute Gasteiger partial charge is 0.326 e. The van der Waals surface area contributed by atoms with Crippen molar-refractivity contribution in [1.82, 2.24) is 9.21 Å². The zero-order valence-electron chi connectivity index (χ0n) is 18.8. The molecule has 2 N–H and O–H groups in total. The van der Waals surface area contributed by atoms with Gasteiger partial charge in [0, 0.05) is 43.5 Å². The molecule has 2 atom stereocenters. The summed E-state index contributed by atoms with van der Waals surface area (Å²) in [6.45, 7) is 8.14. The first-order valence-corrected chi connectivity index (χ1v) is 12.0. The van der Waals surface area contributed by atoms with E-state index in [9.17, 15) is 18.0 Å². The van der Waals surface area contributed by atoms with Crippen LogP contribution in [0.5, 0.6) is 0 Å². The highest BCUT2D eigenvalue weighted by Crippen LogP contribution is 2.26. The minimum absolute atomic E-state index is 0.122. The predicted molar refractivity (Wildman–Crippen MR) is 125 cm³/mol. The molecule has 0 radical (unpaired) electrons. The number of aryl methyl sites for hydroxylation is 1. The van der Waals surface area contributed by atoms with Crippen molar-refractivity contribution >= 4 is 33.2 Å². The molecular weight excluding hydrogens is 428 g/mol. The number of nitrogens with one attached hydrogen (secondary N) is 2. The molecule has 0 unspecified atom stereocenters. The molecule has 0 saturated carbocycles. The van der Waals surface area contributed by atoms with Crippen molar-refractivity contribution in [3.05, 3.63) is 54.1 Å². The lowest BCUT2D eigenvalue weighted by molar-refractivity contribution is -0.118. The lowest BCUT2D eigenvalue weighted by atomic mass is 10.1. The van der Waals surface area contributed by atoms with Gasteiger partial charge in [-0.15, -0.1) is 0 Å². The Balaban J connectivity index is 1.66. The first-order valence-electron chi connectivity index (χ1n) is 10.6. The first kappa shape index (κ1) is 23.9. The smallest absolute Gasteiger partial charge is 0.243 e. The number of para-hydroxylation sites is 1. The first-order chi connectivity index (χ1) is 15.1. The fraction of sp³-hybridized carbons (Fsp3) is 0.391. The van der Waals surface area contributed by atoms with Crippen LogP contribution >= 0.6 is 0 Å². The monoisotopic (exact) mass is 458 g/mol. The maximum absolute atomic E-state index is 13.3. The Morgan fingerprint density at radius 2 is 1.56 bits per heavy atom. The fourth-order valence-corrected chi connectivity index (χ4v) is 5.97. The van der Waals surface area contributed by atoms with Gasteiger partial charge < -0.3 is 10.6 Å². The van der Waals surface area contributed by atoms with E-state index in [4.69, 9.17) is 0 Å². The van der Waals surface area contributed by atoms with Crippen LogP contribution in [0.2, 0.25) is 0 Å². The molecule has 0 aromatic heterocycles. The number of piperazine rings is 1. The lowest BCUT2D eigenvalue weighted by Crippen LogP contribution is -2.59. The zero-order chi connectivity index (χ0) is 23.5. The molecule has 0 aliphatic carbocycles. The standard InChI is InChI=1S/C23H30N4O4S/c1-16-7-5-6-8-22(16)25-23(29)15-26-13-17(2)27(18(3)14-26)32(30,31)21-11-9-20(10-12-21)24-19(4)28/h5-12,17-18H,13-15H2,1-4H3,(H,24,28)(H,25,29)/t17-,18+. The van der Waals surface area contributed by atoms with Gasteiger partial charge in [-0.2, -0.15) is 4.31 Å². The van der Waals surface area contributed by atoms with Gasteiger partial charge in [0.25, 0.3) is 0 Å². The zero-order valence-corrected chi connectivity index (χ0v) is 19.6. The van der Waals surface area contributed by atoms with Gasteiger partial charge in [0.05, 0.1) is 11.4 Å². The van der Waals surface area contributed by atoms with Gasteiger partial charge in [0.1, 0.15) is 0 Å². The Hall–Kier alpha value is -2.75. The van der Waals surface area contributed by atoms with Gasteiger partial charge in [-0.05, 0) is 56.7 Å². The van der Waals surface area contributed by atoms with Crippen LogP contribution in [0.25, 0.3) is 0 Å². The maximum Gasteiger partial charge on any atom is 0.243 e. The SMILES string of the molecule is CC(=O)Nc1ccc(S(=O)(=O)N2[C@H](C)CN(CC(=O)Nc3ccccc3C)C[C@@H]2C)cc1. The molecule has 2 aromatic carbocycles. The highest BCUT2D eigenvalue weighted by molar-refractivity contribution is 7.89. The van der Waals surface area contributed by atoms with E-state index in [2.05, 4.69) is 10.6 Å². The summed E-state index contributed by atoms with van der Waals surface area (Å²) in [6, 6.07) is 13.2. The van der Waals surface area contributed by atoms with Gasteiger partial charge >= 0.3 is 0 Å². The van der Waals surface area contributed by atoms with Gasteiger partial charge in [-0.1, -0.05) is 18.2 Å². The summed E-state index contributed by atoms with van der Waals surface area (Å²) in [7, 11) is -3.72. The second-order valence-corrected chi connectivity index (χ2v) is 10.1. The topological polar surface area (TPSA) is 98.8 Å². The molecule has 32 heavy (non-hydrogen) atoms. The number of hydrogen-bond donors (Lipinski definition) is 2. The second kappa shape index (κ2) is 9.81. The molecule has 8 nitrogen and oxygen atoms in total. The number of carbonyl (C=O) groups excluding carboxylic acids is 2. The summed E-state index contributed by atoms with van der Waals surface area (Å²) < 4.78 is 28.1. The summed E-state index contributed by atoms with van der Waals surface area (Å²) in [6.07, 6.45) is 0. The molecular formula is C23H30N4O4S. The molecule has 2 aromatic rings. The minimum atomic E-state index is -3.72. The molecule has 1 aliphatic rings. The van der Waals surface area contributed by atoms with Crippen LogP contribution in [0.1, 0.15) is 26.3 Å². The maximum atomic E-state index is 13.3. The minimum Gasteiger partial charge on any atom is -0.326 e. The lowest BCUT2D eigenvalue weighted by Gasteiger charge is -2.43. The summed E-state index contributed by atoms with van der Waals surface area (Å²) in [5, 5.41) is 5.56. The molecule has 2 amide bonds. The van der Waals surface area contributed by atoms with Crippen LogP contribution < -0.4 is 10.6 Å². The number of anilines is 2. The Kier molecular flexibility index (Phi) is 7.33. The summed E-state index contributed by atoms with van der Waals surface area (Å²) in [4.78, 5) is 25.9. The summed E-state index contributed by atoms with van der Waals surface area (Å²) in [5.74, 6) is -0.339. The Morgan fingerprint density at radius 1 is 0.969 bits per heavy atom. The third-order valence-electron chi connectivity index (χ3n) is 5.45. The number of carbonyl (C=O) groups is 2. The van der Waals surface area contributed by atoms with Crippen molar-refractivity contribution in [2.45, 2.75) is 44.7 Å². The van der Waals surface area contributed by atoms with Crippen LogP contribution in [0.4, 0.5) is 11.4 Å². The Morgan fingerprint density at radius 3 is 2.12 bits per heavy atom. The molecule has 172 valence electrons. The van der Waals surface area contributed by atoms with Crippen LogP contribution in [-0.2, 0) is 19.6 Å². The van der Waals surface area contributed by atoms with Crippen molar-refractivity contribution < 1.29 is 18.0 Å². The van der Waals surface area contributed by atoms with Crippen LogP contribution in [0.3, 0.4) is 0 Å². The van der Waals surface area contributed by atoms with Gasteiger partial charge in [0.15, 0.2) is 0 Å². The van der Waals surface area contributed by atoms with E-state index < -0.39 is 10.0 Å². The Bertz CT molecular complexity index is 1070. The highest BCUT2D eigenvalue weighted by atomic mass is 32.2. The number of rotatable bonds is 6. The van der Waals surface area contributed by atoms with Crippen molar-refractivity contribution in [2.24, 2.45) is 0 Å².